The molecule has 1 fully saturated rings. The Kier molecular flexibility index (Phi) is 6.03. The van der Waals surface area contributed by atoms with Crippen LogP contribution in [0.2, 0.25) is 0 Å². The van der Waals surface area contributed by atoms with Gasteiger partial charge in [-0.2, -0.15) is 22.1 Å². The van der Waals surface area contributed by atoms with Gasteiger partial charge in [0.2, 0.25) is 0 Å². The molecule has 2 heterocycles. The number of aromatic amines is 1. The van der Waals surface area contributed by atoms with Crippen LogP contribution in [0.5, 0.6) is 11.5 Å². The monoisotopic (exact) mass is 394 g/mol. The normalized spacial score (nSPS) is 18.1. The van der Waals surface area contributed by atoms with Crippen LogP contribution in [0, 0.1) is 0 Å². The van der Waals surface area contributed by atoms with Crippen LogP contribution in [0.4, 0.5) is 0 Å². The standard InChI is InChI=1S/C18H26N4O4S/c1-21(2)27(23,24)22-10-8-14(13-22)16-12-15(19-20-16)9-11-26-18-7-5-4-6-17(18)25-3/h4-7,12,14H,8-11,13H2,1-3H3,(H,19,20)/t14-/m1/s1. The summed E-state index contributed by atoms with van der Waals surface area (Å²) in [7, 11) is 1.36. The van der Waals surface area contributed by atoms with Crippen molar-refractivity contribution in [3.05, 3.63) is 41.7 Å². The number of ether oxygens (including phenoxy) is 2. The number of rotatable bonds is 8. The van der Waals surface area contributed by atoms with Crippen LogP contribution in [0.3, 0.4) is 0 Å². The average Bonchev–Trinajstić information content (AvgIpc) is 3.31. The molecule has 0 unspecified atom stereocenters. The Bertz CT molecular complexity index is 866. The maximum absolute atomic E-state index is 12.2. The van der Waals surface area contributed by atoms with Crippen LogP contribution in [-0.4, -0.2) is 68.1 Å². The summed E-state index contributed by atoms with van der Waals surface area (Å²) in [5.41, 5.74) is 1.87. The number of hydrogen-bond donors (Lipinski definition) is 1. The maximum atomic E-state index is 12.2. The molecule has 148 valence electrons. The Morgan fingerprint density at radius 2 is 2.04 bits per heavy atom. The van der Waals surface area contributed by atoms with E-state index in [0.29, 0.717) is 37.6 Å². The topological polar surface area (TPSA) is 87.8 Å². The number of benzene rings is 1. The van der Waals surface area contributed by atoms with Crippen molar-refractivity contribution >= 4 is 10.2 Å². The molecule has 3 rings (SSSR count). The second-order valence-corrected chi connectivity index (χ2v) is 8.84. The van der Waals surface area contributed by atoms with Gasteiger partial charge in [0.25, 0.3) is 10.2 Å². The zero-order valence-corrected chi connectivity index (χ0v) is 16.7. The predicted molar refractivity (Wildman–Crippen MR) is 102 cm³/mol. The highest BCUT2D eigenvalue weighted by atomic mass is 32.2. The molecule has 1 saturated heterocycles. The van der Waals surface area contributed by atoms with Crippen molar-refractivity contribution in [1.82, 2.24) is 18.8 Å². The first-order chi connectivity index (χ1) is 12.9. The highest BCUT2D eigenvalue weighted by molar-refractivity contribution is 7.86. The van der Waals surface area contributed by atoms with Gasteiger partial charge in [0.15, 0.2) is 11.5 Å². The van der Waals surface area contributed by atoms with Crippen molar-refractivity contribution in [3.63, 3.8) is 0 Å². The highest BCUT2D eigenvalue weighted by Gasteiger charge is 2.34. The van der Waals surface area contributed by atoms with Gasteiger partial charge in [-0.15, -0.1) is 0 Å². The molecule has 1 aliphatic rings. The second-order valence-electron chi connectivity index (χ2n) is 6.70. The smallest absolute Gasteiger partial charge is 0.281 e. The van der Waals surface area contributed by atoms with E-state index in [-0.39, 0.29) is 5.92 Å². The van der Waals surface area contributed by atoms with E-state index in [4.69, 9.17) is 9.47 Å². The van der Waals surface area contributed by atoms with Crippen molar-refractivity contribution in [2.75, 3.05) is 40.9 Å². The van der Waals surface area contributed by atoms with Crippen molar-refractivity contribution in [2.45, 2.75) is 18.8 Å². The van der Waals surface area contributed by atoms with E-state index in [1.807, 2.05) is 30.3 Å². The fourth-order valence-corrected chi connectivity index (χ4v) is 4.30. The van der Waals surface area contributed by atoms with Gasteiger partial charge in [0.1, 0.15) is 0 Å². The highest BCUT2D eigenvalue weighted by Crippen LogP contribution is 2.29. The number of H-pyrrole nitrogens is 1. The summed E-state index contributed by atoms with van der Waals surface area (Å²) in [5.74, 6) is 1.52. The summed E-state index contributed by atoms with van der Waals surface area (Å²) >= 11 is 0. The zero-order valence-electron chi connectivity index (χ0n) is 15.9. The number of para-hydroxylation sites is 2. The van der Waals surface area contributed by atoms with Gasteiger partial charge >= 0.3 is 0 Å². The zero-order chi connectivity index (χ0) is 19.4. The summed E-state index contributed by atoms with van der Waals surface area (Å²) in [4.78, 5) is 0. The Morgan fingerprint density at radius 1 is 1.30 bits per heavy atom. The van der Waals surface area contributed by atoms with Crippen LogP contribution in [0.25, 0.3) is 0 Å². The molecule has 0 spiro atoms. The number of aromatic nitrogens is 2. The quantitative estimate of drug-likeness (QED) is 0.735. The molecule has 1 aromatic carbocycles. The summed E-state index contributed by atoms with van der Waals surface area (Å²) in [5, 5.41) is 7.41. The maximum Gasteiger partial charge on any atom is 0.281 e. The molecule has 27 heavy (non-hydrogen) atoms. The van der Waals surface area contributed by atoms with E-state index in [9.17, 15) is 8.42 Å². The number of nitrogens with zero attached hydrogens (tertiary/aromatic N) is 3. The first-order valence-electron chi connectivity index (χ1n) is 8.89. The lowest BCUT2D eigenvalue weighted by atomic mass is 10.0. The van der Waals surface area contributed by atoms with Gasteiger partial charge < -0.3 is 9.47 Å². The van der Waals surface area contributed by atoms with E-state index < -0.39 is 10.2 Å². The predicted octanol–water partition coefficient (Wildman–Crippen LogP) is 1.64. The van der Waals surface area contributed by atoms with E-state index in [1.165, 1.54) is 8.61 Å². The molecule has 1 aliphatic heterocycles. The molecule has 0 amide bonds. The molecule has 1 atom stereocenters. The molecule has 9 heteroatoms. The van der Waals surface area contributed by atoms with Crippen LogP contribution in [0.15, 0.2) is 30.3 Å². The Labute approximate surface area is 160 Å². The third-order valence-electron chi connectivity index (χ3n) is 4.71. The summed E-state index contributed by atoms with van der Waals surface area (Å²) in [6.07, 6.45) is 1.45. The van der Waals surface area contributed by atoms with Crippen molar-refractivity contribution in [3.8, 4) is 11.5 Å². The minimum atomic E-state index is -3.37. The van der Waals surface area contributed by atoms with E-state index in [1.54, 1.807) is 21.2 Å². The molecule has 8 nitrogen and oxygen atoms in total. The van der Waals surface area contributed by atoms with Crippen LogP contribution < -0.4 is 9.47 Å². The summed E-state index contributed by atoms with van der Waals surface area (Å²) in [6, 6.07) is 9.53. The minimum absolute atomic E-state index is 0.111. The lowest BCUT2D eigenvalue weighted by molar-refractivity contribution is 0.296. The summed E-state index contributed by atoms with van der Waals surface area (Å²) in [6.45, 7) is 1.47. The fourth-order valence-electron chi connectivity index (χ4n) is 3.14. The van der Waals surface area contributed by atoms with Crippen molar-refractivity contribution in [2.24, 2.45) is 0 Å². The van der Waals surface area contributed by atoms with Gasteiger partial charge in [-0.1, -0.05) is 12.1 Å². The minimum Gasteiger partial charge on any atom is -0.493 e. The number of nitrogens with one attached hydrogen (secondary N) is 1. The Hall–Kier alpha value is -2.10. The van der Waals surface area contributed by atoms with Crippen molar-refractivity contribution < 1.29 is 17.9 Å². The summed E-state index contributed by atoms with van der Waals surface area (Å²) < 4.78 is 38.3. The second kappa shape index (κ2) is 8.28. The van der Waals surface area contributed by atoms with E-state index in [2.05, 4.69) is 10.2 Å². The molecule has 0 saturated carbocycles. The molecular formula is C18H26N4O4S. The number of methoxy groups -OCH3 is 1. The first kappa shape index (κ1) is 19.7. The number of hydrogen-bond acceptors (Lipinski definition) is 5. The Morgan fingerprint density at radius 3 is 2.74 bits per heavy atom. The third kappa shape index (κ3) is 4.42. The van der Waals surface area contributed by atoms with Gasteiger partial charge in [-0.05, 0) is 24.6 Å². The average molecular weight is 394 g/mol. The van der Waals surface area contributed by atoms with E-state index >= 15 is 0 Å². The van der Waals surface area contributed by atoms with Gasteiger partial charge in [0, 0.05) is 45.2 Å². The molecular weight excluding hydrogens is 368 g/mol. The lowest BCUT2D eigenvalue weighted by Gasteiger charge is -2.20. The van der Waals surface area contributed by atoms with Gasteiger partial charge in [-0.3, -0.25) is 5.10 Å². The van der Waals surface area contributed by atoms with Gasteiger partial charge in [-0.25, -0.2) is 0 Å². The first-order valence-corrected chi connectivity index (χ1v) is 10.3. The van der Waals surface area contributed by atoms with Crippen LogP contribution in [0.1, 0.15) is 23.7 Å². The lowest BCUT2D eigenvalue weighted by Crippen LogP contribution is -2.38. The molecule has 2 aromatic rings. The molecule has 0 radical (unpaired) electrons. The SMILES string of the molecule is COc1ccccc1OCCc1cc([C@@H]2CCN(S(=O)(=O)N(C)C)C2)n[nH]1. The largest absolute Gasteiger partial charge is 0.493 e. The molecule has 1 N–H and O–H groups in total. The molecule has 1 aromatic heterocycles. The Balaban J connectivity index is 1.55. The van der Waals surface area contributed by atoms with E-state index in [0.717, 1.165) is 17.8 Å². The molecule has 0 bridgehead atoms. The molecule has 0 aliphatic carbocycles. The van der Waals surface area contributed by atoms with Gasteiger partial charge in [0.05, 0.1) is 19.4 Å². The third-order valence-corrected chi connectivity index (χ3v) is 6.61. The van der Waals surface area contributed by atoms with Crippen LogP contribution >= 0.6 is 0 Å². The van der Waals surface area contributed by atoms with Crippen LogP contribution in [-0.2, 0) is 16.6 Å². The van der Waals surface area contributed by atoms with Crippen molar-refractivity contribution in [1.29, 1.82) is 0 Å². The fraction of sp³-hybridized carbons (Fsp3) is 0.500.